The summed E-state index contributed by atoms with van der Waals surface area (Å²) in [5, 5.41) is 0. The van der Waals surface area contributed by atoms with Crippen LogP contribution >= 0.6 is 0 Å². The number of allylic oxidation sites excluding steroid dienone is 4. The van der Waals surface area contributed by atoms with E-state index in [1.807, 2.05) is 62.4 Å². The molecule has 0 saturated carbocycles. The van der Waals surface area contributed by atoms with Gasteiger partial charge in [-0.2, -0.15) is 0 Å². The molecule has 0 fully saturated rings. The van der Waals surface area contributed by atoms with Gasteiger partial charge in [0, 0.05) is 6.08 Å². The standard InChI is InChI=1S/C15H14O/c1-12-5-3-7-14(10-9-12)16-15-8-4-6-13(2)11-15/h4-11H,1-2H3. The van der Waals surface area contributed by atoms with Crippen LogP contribution in [0.1, 0.15) is 12.5 Å². The van der Waals surface area contributed by atoms with Crippen LogP contribution in [0.3, 0.4) is 0 Å². The first-order chi connectivity index (χ1) is 7.74. The molecule has 0 atom stereocenters. The lowest BCUT2D eigenvalue weighted by Crippen LogP contribution is -1.91. The molecule has 0 bridgehead atoms. The monoisotopic (exact) mass is 210 g/mol. The third-order valence-electron chi connectivity index (χ3n) is 2.27. The lowest BCUT2D eigenvalue weighted by Gasteiger charge is -2.05. The highest BCUT2D eigenvalue weighted by atomic mass is 16.5. The van der Waals surface area contributed by atoms with Crippen LogP contribution in [0.2, 0.25) is 0 Å². The number of benzene rings is 1. The van der Waals surface area contributed by atoms with Crippen LogP contribution in [0.5, 0.6) is 5.75 Å². The van der Waals surface area contributed by atoms with Crippen molar-refractivity contribution in [3.63, 3.8) is 0 Å². The summed E-state index contributed by atoms with van der Waals surface area (Å²) >= 11 is 0. The van der Waals surface area contributed by atoms with E-state index in [0.29, 0.717) is 0 Å². The first-order valence-corrected chi connectivity index (χ1v) is 5.29. The Hall–Kier alpha value is -1.98. The topological polar surface area (TPSA) is 9.23 Å². The Morgan fingerprint density at radius 3 is 2.75 bits per heavy atom. The van der Waals surface area contributed by atoms with Crippen molar-refractivity contribution in [3.05, 3.63) is 71.2 Å². The lowest BCUT2D eigenvalue weighted by atomic mass is 10.2. The predicted octanol–water partition coefficient (Wildman–Crippen LogP) is 3.93. The summed E-state index contributed by atoms with van der Waals surface area (Å²) < 4.78 is 5.74. The fraction of sp³-hybridized carbons (Fsp3) is 0.133. The van der Waals surface area contributed by atoms with Crippen molar-refractivity contribution in [2.45, 2.75) is 13.8 Å². The summed E-state index contributed by atoms with van der Waals surface area (Å²) in [6, 6.07) is 8.00. The lowest BCUT2D eigenvalue weighted by molar-refractivity contribution is 0.444. The van der Waals surface area contributed by atoms with Gasteiger partial charge in [0.05, 0.1) is 0 Å². The van der Waals surface area contributed by atoms with Gasteiger partial charge in [-0.05, 0) is 49.3 Å². The molecular weight excluding hydrogens is 196 g/mol. The molecule has 0 spiro atoms. The van der Waals surface area contributed by atoms with Crippen LogP contribution in [0.15, 0.2) is 65.6 Å². The van der Waals surface area contributed by atoms with E-state index in [2.05, 4.69) is 5.73 Å². The highest BCUT2D eigenvalue weighted by Gasteiger charge is 1.98. The van der Waals surface area contributed by atoms with Gasteiger partial charge >= 0.3 is 0 Å². The fourth-order valence-corrected chi connectivity index (χ4v) is 1.44. The molecule has 80 valence electrons. The maximum Gasteiger partial charge on any atom is 0.135 e. The van der Waals surface area contributed by atoms with Gasteiger partial charge in [-0.25, -0.2) is 0 Å². The van der Waals surface area contributed by atoms with Gasteiger partial charge in [0.2, 0.25) is 0 Å². The smallest absolute Gasteiger partial charge is 0.135 e. The minimum Gasteiger partial charge on any atom is -0.457 e. The molecule has 2 rings (SSSR count). The quantitative estimate of drug-likeness (QED) is 0.672. The second-order valence-corrected chi connectivity index (χ2v) is 3.85. The molecule has 0 radical (unpaired) electrons. The van der Waals surface area contributed by atoms with Crippen molar-refractivity contribution in [1.29, 1.82) is 0 Å². The molecule has 1 aliphatic carbocycles. The van der Waals surface area contributed by atoms with Crippen LogP contribution < -0.4 is 4.74 Å². The summed E-state index contributed by atoms with van der Waals surface area (Å²) in [7, 11) is 0. The Balaban J connectivity index is 2.20. The van der Waals surface area contributed by atoms with Crippen LogP contribution in [0, 0.1) is 6.92 Å². The Labute approximate surface area is 96.1 Å². The highest BCUT2D eigenvalue weighted by molar-refractivity contribution is 5.35. The van der Waals surface area contributed by atoms with Crippen molar-refractivity contribution < 1.29 is 4.74 Å². The molecule has 16 heavy (non-hydrogen) atoms. The highest BCUT2D eigenvalue weighted by Crippen LogP contribution is 2.17. The van der Waals surface area contributed by atoms with E-state index in [1.54, 1.807) is 0 Å². The van der Waals surface area contributed by atoms with Crippen molar-refractivity contribution >= 4 is 0 Å². The third kappa shape index (κ3) is 2.75. The molecule has 0 saturated heterocycles. The van der Waals surface area contributed by atoms with Crippen molar-refractivity contribution in [3.8, 4) is 5.75 Å². The molecule has 1 aromatic rings. The van der Waals surface area contributed by atoms with Crippen molar-refractivity contribution in [2.24, 2.45) is 0 Å². The summed E-state index contributed by atoms with van der Waals surface area (Å²) in [4.78, 5) is 0. The van der Waals surface area contributed by atoms with Gasteiger partial charge in [-0.3, -0.25) is 0 Å². The summed E-state index contributed by atoms with van der Waals surface area (Å²) in [5.74, 6) is 1.66. The molecule has 1 aliphatic rings. The molecule has 0 aliphatic heterocycles. The van der Waals surface area contributed by atoms with E-state index in [4.69, 9.17) is 4.74 Å². The van der Waals surface area contributed by atoms with Gasteiger partial charge in [0.15, 0.2) is 0 Å². The van der Waals surface area contributed by atoms with Crippen LogP contribution in [0.25, 0.3) is 0 Å². The maximum atomic E-state index is 5.74. The molecule has 0 amide bonds. The van der Waals surface area contributed by atoms with Gasteiger partial charge in [-0.1, -0.05) is 18.2 Å². The first kappa shape index (κ1) is 10.5. The van der Waals surface area contributed by atoms with Crippen LogP contribution in [-0.2, 0) is 0 Å². The summed E-state index contributed by atoms with van der Waals surface area (Å²) in [5.41, 5.74) is 5.43. The Morgan fingerprint density at radius 1 is 1.06 bits per heavy atom. The second-order valence-electron chi connectivity index (χ2n) is 3.85. The first-order valence-electron chi connectivity index (χ1n) is 5.29. The molecule has 0 unspecified atom stereocenters. The zero-order valence-electron chi connectivity index (χ0n) is 9.53. The van der Waals surface area contributed by atoms with Crippen molar-refractivity contribution in [1.82, 2.24) is 0 Å². The van der Waals surface area contributed by atoms with E-state index < -0.39 is 0 Å². The second kappa shape index (κ2) is 4.69. The number of ether oxygens (including phenoxy) is 1. The largest absolute Gasteiger partial charge is 0.457 e. The number of hydrogen-bond acceptors (Lipinski definition) is 1. The van der Waals surface area contributed by atoms with Crippen LogP contribution in [0.4, 0.5) is 0 Å². The number of rotatable bonds is 2. The Kier molecular flexibility index (Phi) is 3.09. The van der Waals surface area contributed by atoms with Crippen LogP contribution in [-0.4, -0.2) is 0 Å². The number of hydrogen-bond donors (Lipinski definition) is 0. The maximum absolute atomic E-state index is 5.74. The minimum atomic E-state index is 0.804. The van der Waals surface area contributed by atoms with Crippen molar-refractivity contribution in [2.75, 3.05) is 0 Å². The fourth-order valence-electron chi connectivity index (χ4n) is 1.44. The average Bonchev–Trinajstić information content (AvgIpc) is 2.44. The molecule has 0 heterocycles. The third-order valence-corrected chi connectivity index (χ3v) is 2.27. The van der Waals surface area contributed by atoms with E-state index in [9.17, 15) is 0 Å². The molecule has 1 aromatic carbocycles. The zero-order valence-corrected chi connectivity index (χ0v) is 9.53. The zero-order chi connectivity index (χ0) is 11.4. The Morgan fingerprint density at radius 2 is 1.94 bits per heavy atom. The average molecular weight is 210 g/mol. The Bertz CT molecular complexity index is 512. The van der Waals surface area contributed by atoms with E-state index >= 15 is 0 Å². The van der Waals surface area contributed by atoms with E-state index in [-0.39, 0.29) is 0 Å². The normalized spacial score (nSPS) is 14.1. The molecule has 0 aromatic heterocycles. The van der Waals surface area contributed by atoms with Gasteiger partial charge in [0.25, 0.3) is 0 Å². The summed E-state index contributed by atoms with van der Waals surface area (Å²) in [6.45, 7) is 4.08. The minimum absolute atomic E-state index is 0.804. The molecule has 1 nitrogen and oxygen atoms in total. The molecule has 0 N–H and O–H groups in total. The van der Waals surface area contributed by atoms with Gasteiger partial charge < -0.3 is 4.74 Å². The van der Waals surface area contributed by atoms with Gasteiger partial charge in [-0.15, -0.1) is 5.73 Å². The molecule has 1 heteroatoms. The predicted molar refractivity (Wildman–Crippen MR) is 66.3 cm³/mol. The van der Waals surface area contributed by atoms with Gasteiger partial charge in [0.1, 0.15) is 11.5 Å². The van der Waals surface area contributed by atoms with E-state index in [0.717, 1.165) is 11.5 Å². The van der Waals surface area contributed by atoms with E-state index in [1.165, 1.54) is 11.1 Å². The molecular formula is C15H14O. The summed E-state index contributed by atoms with van der Waals surface area (Å²) in [6.07, 6.45) is 7.74. The number of aryl methyl sites for hydroxylation is 1. The SMILES string of the molecule is CC1=CC=C(Oc2cccc(C)c2)C=C=C1.